The standard InChI is InChI=1S/C21H28N2O5/c1-14(2)16-8-6-7-9-17(16)28-11-10-22-21(24)23-15-12-18(25-3)20(27-5)19(13-15)26-4/h6-9,12-14H,10-11H2,1-5H3,(H2,22,23,24). The van der Waals surface area contributed by atoms with Crippen LogP contribution in [0.1, 0.15) is 25.3 Å². The van der Waals surface area contributed by atoms with Crippen LogP contribution in [0.25, 0.3) is 0 Å². The molecule has 0 fully saturated rings. The SMILES string of the molecule is COc1cc(NC(=O)NCCOc2ccccc2C(C)C)cc(OC)c1OC. The van der Waals surface area contributed by atoms with Gasteiger partial charge >= 0.3 is 6.03 Å². The number of carbonyl (C=O) groups is 1. The van der Waals surface area contributed by atoms with Crippen LogP contribution in [-0.2, 0) is 0 Å². The maximum absolute atomic E-state index is 12.2. The fourth-order valence-electron chi connectivity index (χ4n) is 2.74. The molecule has 2 aromatic carbocycles. The maximum Gasteiger partial charge on any atom is 0.319 e. The van der Waals surface area contributed by atoms with Gasteiger partial charge in [0.15, 0.2) is 11.5 Å². The summed E-state index contributed by atoms with van der Waals surface area (Å²) in [5.41, 5.74) is 1.67. The molecule has 0 aliphatic carbocycles. The number of nitrogens with one attached hydrogen (secondary N) is 2. The molecule has 0 atom stereocenters. The van der Waals surface area contributed by atoms with E-state index in [0.29, 0.717) is 42.0 Å². The number of anilines is 1. The molecule has 0 heterocycles. The summed E-state index contributed by atoms with van der Waals surface area (Å²) in [6.07, 6.45) is 0. The van der Waals surface area contributed by atoms with Crippen LogP contribution in [-0.4, -0.2) is 40.5 Å². The van der Waals surface area contributed by atoms with Crippen LogP contribution in [0.2, 0.25) is 0 Å². The van der Waals surface area contributed by atoms with Crippen LogP contribution in [0.5, 0.6) is 23.0 Å². The number of rotatable bonds is 9. The van der Waals surface area contributed by atoms with Gasteiger partial charge in [-0.2, -0.15) is 0 Å². The zero-order chi connectivity index (χ0) is 20.5. The number of hydrogen-bond acceptors (Lipinski definition) is 5. The van der Waals surface area contributed by atoms with Crippen LogP contribution >= 0.6 is 0 Å². The highest BCUT2D eigenvalue weighted by Crippen LogP contribution is 2.39. The lowest BCUT2D eigenvalue weighted by molar-refractivity contribution is 0.247. The van der Waals surface area contributed by atoms with E-state index in [-0.39, 0.29) is 6.03 Å². The zero-order valence-corrected chi connectivity index (χ0v) is 17.0. The summed E-state index contributed by atoms with van der Waals surface area (Å²) in [6, 6.07) is 10.9. The molecule has 0 saturated carbocycles. The normalized spacial score (nSPS) is 10.4. The fraction of sp³-hybridized carbons (Fsp3) is 0.381. The smallest absolute Gasteiger partial charge is 0.319 e. The van der Waals surface area contributed by atoms with Gasteiger partial charge in [0.05, 0.1) is 33.6 Å². The Kier molecular flexibility index (Phi) is 7.80. The first-order chi connectivity index (χ1) is 13.5. The van der Waals surface area contributed by atoms with Crippen molar-refractivity contribution in [2.75, 3.05) is 39.8 Å². The lowest BCUT2D eigenvalue weighted by atomic mass is 10.0. The number of methoxy groups -OCH3 is 3. The highest BCUT2D eigenvalue weighted by atomic mass is 16.5. The van der Waals surface area contributed by atoms with E-state index in [2.05, 4.69) is 24.5 Å². The first kappa shape index (κ1) is 21.2. The molecule has 0 bridgehead atoms. The molecule has 0 aliphatic rings. The Morgan fingerprint density at radius 3 is 2.18 bits per heavy atom. The minimum absolute atomic E-state index is 0.352. The maximum atomic E-state index is 12.2. The Hall–Kier alpha value is -3.09. The van der Waals surface area contributed by atoms with Gasteiger partial charge in [-0.3, -0.25) is 0 Å². The van der Waals surface area contributed by atoms with Crippen LogP contribution in [0.15, 0.2) is 36.4 Å². The second-order valence-electron chi connectivity index (χ2n) is 6.34. The van der Waals surface area contributed by atoms with Crippen molar-refractivity contribution in [3.63, 3.8) is 0 Å². The molecule has 0 radical (unpaired) electrons. The molecular formula is C21H28N2O5. The van der Waals surface area contributed by atoms with Gasteiger partial charge in [-0.1, -0.05) is 32.0 Å². The molecule has 152 valence electrons. The molecule has 2 aromatic rings. The van der Waals surface area contributed by atoms with E-state index < -0.39 is 0 Å². The largest absolute Gasteiger partial charge is 0.493 e. The van der Waals surface area contributed by atoms with Gasteiger partial charge in [-0.25, -0.2) is 4.79 Å². The molecule has 28 heavy (non-hydrogen) atoms. The van der Waals surface area contributed by atoms with E-state index in [1.165, 1.54) is 21.3 Å². The minimum atomic E-state index is -0.352. The highest BCUT2D eigenvalue weighted by molar-refractivity contribution is 5.90. The molecule has 0 unspecified atom stereocenters. The van der Waals surface area contributed by atoms with Crippen molar-refractivity contribution in [2.45, 2.75) is 19.8 Å². The molecule has 0 aromatic heterocycles. The van der Waals surface area contributed by atoms with Gasteiger partial charge < -0.3 is 29.6 Å². The molecule has 7 nitrogen and oxygen atoms in total. The van der Waals surface area contributed by atoms with Crippen LogP contribution < -0.4 is 29.6 Å². The second-order valence-corrected chi connectivity index (χ2v) is 6.34. The third-order valence-corrected chi connectivity index (χ3v) is 4.11. The Labute approximate surface area is 165 Å². The summed E-state index contributed by atoms with van der Waals surface area (Å²) in [5, 5.41) is 5.52. The number of ether oxygens (including phenoxy) is 4. The summed E-state index contributed by atoms with van der Waals surface area (Å²) >= 11 is 0. The topological polar surface area (TPSA) is 78.1 Å². The average Bonchev–Trinajstić information content (AvgIpc) is 2.70. The van der Waals surface area contributed by atoms with Gasteiger partial charge in [-0.15, -0.1) is 0 Å². The van der Waals surface area contributed by atoms with E-state index in [1.807, 2.05) is 24.3 Å². The molecule has 7 heteroatoms. The van der Waals surface area contributed by atoms with Crippen LogP contribution in [0.3, 0.4) is 0 Å². The number of carbonyl (C=O) groups excluding carboxylic acids is 1. The van der Waals surface area contributed by atoms with E-state index in [4.69, 9.17) is 18.9 Å². The van der Waals surface area contributed by atoms with Gasteiger partial charge in [0.2, 0.25) is 5.75 Å². The van der Waals surface area contributed by atoms with Crippen molar-refractivity contribution >= 4 is 11.7 Å². The molecule has 0 saturated heterocycles. The summed E-state index contributed by atoms with van der Waals surface area (Å²) < 4.78 is 21.6. The number of amides is 2. The Bertz CT molecular complexity index is 767. The quantitative estimate of drug-likeness (QED) is 0.634. The first-order valence-corrected chi connectivity index (χ1v) is 9.06. The van der Waals surface area contributed by atoms with Crippen molar-refractivity contribution in [2.24, 2.45) is 0 Å². The van der Waals surface area contributed by atoms with Crippen molar-refractivity contribution in [3.8, 4) is 23.0 Å². The monoisotopic (exact) mass is 388 g/mol. The molecule has 0 spiro atoms. The lowest BCUT2D eigenvalue weighted by Gasteiger charge is -2.15. The predicted molar refractivity (Wildman–Crippen MR) is 109 cm³/mol. The lowest BCUT2D eigenvalue weighted by Crippen LogP contribution is -2.32. The first-order valence-electron chi connectivity index (χ1n) is 9.06. The van der Waals surface area contributed by atoms with Gasteiger partial charge in [0.25, 0.3) is 0 Å². The molecule has 2 amide bonds. The van der Waals surface area contributed by atoms with Crippen molar-refractivity contribution in [1.82, 2.24) is 5.32 Å². The third-order valence-electron chi connectivity index (χ3n) is 4.11. The van der Waals surface area contributed by atoms with Gasteiger partial charge in [0.1, 0.15) is 12.4 Å². The van der Waals surface area contributed by atoms with E-state index in [0.717, 1.165) is 11.3 Å². The van der Waals surface area contributed by atoms with E-state index >= 15 is 0 Å². The molecular weight excluding hydrogens is 360 g/mol. The van der Waals surface area contributed by atoms with Crippen molar-refractivity contribution in [1.29, 1.82) is 0 Å². The van der Waals surface area contributed by atoms with Crippen molar-refractivity contribution in [3.05, 3.63) is 42.0 Å². The van der Waals surface area contributed by atoms with E-state index in [9.17, 15) is 4.79 Å². The number of benzene rings is 2. The number of urea groups is 1. The van der Waals surface area contributed by atoms with Crippen molar-refractivity contribution < 1.29 is 23.7 Å². The molecule has 2 N–H and O–H groups in total. The van der Waals surface area contributed by atoms with Crippen LogP contribution in [0, 0.1) is 0 Å². The van der Waals surface area contributed by atoms with Gasteiger partial charge in [0, 0.05) is 12.1 Å². The Morgan fingerprint density at radius 2 is 1.61 bits per heavy atom. The summed E-state index contributed by atoms with van der Waals surface area (Å²) in [5.74, 6) is 2.60. The summed E-state index contributed by atoms with van der Waals surface area (Å²) in [7, 11) is 4.57. The fourth-order valence-corrected chi connectivity index (χ4v) is 2.74. The summed E-state index contributed by atoms with van der Waals surface area (Å²) in [6.45, 7) is 4.96. The Morgan fingerprint density at radius 1 is 0.964 bits per heavy atom. The zero-order valence-electron chi connectivity index (χ0n) is 17.0. The Balaban J connectivity index is 1.90. The predicted octanol–water partition coefficient (Wildman–Crippen LogP) is 4.04. The second kappa shape index (κ2) is 10.3. The highest BCUT2D eigenvalue weighted by Gasteiger charge is 2.14. The average molecular weight is 388 g/mol. The third kappa shape index (κ3) is 5.45. The molecule has 0 aliphatic heterocycles. The minimum Gasteiger partial charge on any atom is -0.493 e. The number of para-hydroxylation sites is 1. The molecule has 2 rings (SSSR count). The number of hydrogen-bond donors (Lipinski definition) is 2. The summed E-state index contributed by atoms with van der Waals surface area (Å²) in [4.78, 5) is 12.2. The van der Waals surface area contributed by atoms with Gasteiger partial charge in [-0.05, 0) is 17.5 Å². The van der Waals surface area contributed by atoms with Crippen LogP contribution in [0.4, 0.5) is 10.5 Å². The van der Waals surface area contributed by atoms with E-state index in [1.54, 1.807) is 12.1 Å².